The van der Waals surface area contributed by atoms with Crippen molar-refractivity contribution < 1.29 is 14.3 Å². The average molecular weight is 269 g/mol. The van der Waals surface area contributed by atoms with E-state index in [2.05, 4.69) is 13.2 Å². The molecule has 0 saturated heterocycles. The molecule has 1 heterocycles. The van der Waals surface area contributed by atoms with Crippen molar-refractivity contribution in [2.45, 2.75) is 6.92 Å². The first-order valence-corrected chi connectivity index (χ1v) is 6.03. The normalized spacial score (nSPS) is 10.3. The fraction of sp³-hybridized carbons (Fsp3) is 0.125. The van der Waals surface area contributed by atoms with Crippen LogP contribution in [0.25, 0.3) is 16.7 Å². The van der Waals surface area contributed by atoms with E-state index in [4.69, 9.17) is 4.74 Å². The number of ether oxygens (including phenoxy) is 1. The Morgan fingerprint density at radius 2 is 2.05 bits per heavy atom. The monoisotopic (exact) mass is 269 g/mol. The van der Waals surface area contributed by atoms with Gasteiger partial charge in [0.2, 0.25) is 0 Å². The Bertz CT molecular complexity index is 738. The highest BCUT2D eigenvalue weighted by Gasteiger charge is 2.14. The van der Waals surface area contributed by atoms with Gasteiger partial charge in [0.05, 0.1) is 12.6 Å². The van der Waals surface area contributed by atoms with Gasteiger partial charge in [0.15, 0.2) is 6.29 Å². The van der Waals surface area contributed by atoms with Crippen molar-refractivity contribution >= 4 is 28.9 Å². The number of rotatable bonds is 4. The number of hydrogen-bond acceptors (Lipinski definition) is 3. The maximum absolute atomic E-state index is 12.1. The summed E-state index contributed by atoms with van der Waals surface area (Å²) in [4.78, 5) is 23.2. The van der Waals surface area contributed by atoms with Gasteiger partial charge in [-0.1, -0.05) is 13.2 Å². The molecule has 0 spiro atoms. The molecule has 0 aliphatic rings. The van der Waals surface area contributed by atoms with Gasteiger partial charge in [0.1, 0.15) is 5.76 Å². The van der Waals surface area contributed by atoms with E-state index in [-0.39, 0.29) is 5.91 Å². The summed E-state index contributed by atoms with van der Waals surface area (Å²) in [5, 5.41) is 0.685. The SMILES string of the molecule is C=C(C)C(=O)n1cc(C=O)c2cc(C(=C)OC)ccc21. The zero-order valence-electron chi connectivity index (χ0n) is 11.5. The van der Waals surface area contributed by atoms with E-state index in [1.165, 1.54) is 17.9 Å². The van der Waals surface area contributed by atoms with Gasteiger partial charge in [-0.15, -0.1) is 0 Å². The quantitative estimate of drug-likeness (QED) is 0.486. The van der Waals surface area contributed by atoms with E-state index in [0.717, 1.165) is 11.8 Å². The van der Waals surface area contributed by atoms with Crippen molar-refractivity contribution in [3.05, 3.63) is 54.3 Å². The molecular formula is C16H15NO3. The van der Waals surface area contributed by atoms with Crippen LogP contribution < -0.4 is 0 Å². The third kappa shape index (κ3) is 2.16. The standard InChI is InChI=1S/C16H15NO3/c1-10(2)16(19)17-8-13(9-18)14-7-12(11(3)20-4)5-6-15(14)17/h5-9H,1,3H2,2,4H3. The largest absolute Gasteiger partial charge is 0.497 e. The van der Waals surface area contributed by atoms with E-state index in [1.807, 2.05) is 0 Å². The Morgan fingerprint density at radius 1 is 1.35 bits per heavy atom. The number of carbonyl (C=O) groups excluding carboxylic acids is 2. The summed E-state index contributed by atoms with van der Waals surface area (Å²) in [6, 6.07) is 5.35. The van der Waals surface area contributed by atoms with Gasteiger partial charge in [-0.2, -0.15) is 0 Å². The number of fused-ring (bicyclic) bond motifs is 1. The molecular weight excluding hydrogens is 254 g/mol. The van der Waals surface area contributed by atoms with Crippen LogP contribution in [0.1, 0.15) is 27.6 Å². The van der Waals surface area contributed by atoms with E-state index in [0.29, 0.717) is 27.8 Å². The van der Waals surface area contributed by atoms with Gasteiger partial charge in [-0.25, -0.2) is 0 Å². The fourth-order valence-corrected chi connectivity index (χ4v) is 2.01. The van der Waals surface area contributed by atoms with E-state index < -0.39 is 0 Å². The average Bonchev–Trinajstić information content (AvgIpc) is 2.83. The summed E-state index contributed by atoms with van der Waals surface area (Å²) in [6.45, 7) is 9.05. The molecule has 1 aromatic carbocycles. The Kier molecular flexibility index (Phi) is 3.57. The van der Waals surface area contributed by atoms with Crippen LogP contribution in [0.2, 0.25) is 0 Å². The van der Waals surface area contributed by atoms with Crippen LogP contribution in [0.4, 0.5) is 0 Å². The molecule has 0 aliphatic carbocycles. The highest BCUT2D eigenvalue weighted by molar-refractivity contribution is 6.06. The molecule has 0 amide bonds. The van der Waals surface area contributed by atoms with Gasteiger partial charge >= 0.3 is 0 Å². The van der Waals surface area contributed by atoms with Crippen LogP contribution in [0.15, 0.2) is 43.1 Å². The Morgan fingerprint density at radius 3 is 2.60 bits per heavy atom. The third-order valence-corrected chi connectivity index (χ3v) is 3.11. The molecule has 1 aromatic heterocycles. The molecule has 2 aromatic rings. The van der Waals surface area contributed by atoms with Crippen molar-refractivity contribution in [3.63, 3.8) is 0 Å². The minimum absolute atomic E-state index is 0.235. The molecule has 20 heavy (non-hydrogen) atoms. The van der Waals surface area contributed by atoms with E-state index >= 15 is 0 Å². The van der Waals surface area contributed by atoms with Crippen LogP contribution in [-0.4, -0.2) is 23.9 Å². The summed E-state index contributed by atoms with van der Waals surface area (Å²) in [5.41, 5.74) is 2.28. The molecule has 0 atom stereocenters. The number of carbonyl (C=O) groups is 2. The van der Waals surface area contributed by atoms with Crippen LogP contribution in [-0.2, 0) is 4.74 Å². The maximum atomic E-state index is 12.1. The van der Waals surface area contributed by atoms with Gasteiger partial charge in [0, 0.05) is 28.3 Å². The van der Waals surface area contributed by atoms with Crippen molar-refractivity contribution in [1.29, 1.82) is 0 Å². The van der Waals surface area contributed by atoms with Crippen LogP contribution in [0.3, 0.4) is 0 Å². The Hall–Kier alpha value is -2.62. The molecule has 0 fully saturated rings. The van der Waals surface area contributed by atoms with Gasteiger partial charge in [0.25, 0.3) is 5.91 Å². The Balaban J connectivity index is 2.71. The molecule has 4 heteroatoms. The summed E-state index contributed by atoms with van der Waals surface area (Å²) in [5.74, 6) is 0.268. The second-order valence-corrected chi connectivity index (χ2v) is 4.52. The first-order chi connectivity index (χ1) is 9.49. The number of allylic oxidation sites excluding steroid dienone is 1. The number of nitrogens with zero attached hydrogens (tertiary/aromatic N) is 1. The number of methoxy groups -OCH3 is 1. The lowest BCUT2D eigenvalue weighted by molar-refractivity contribution is 0.0960. The number of aromatic nitrogens is 1. The predicted octanol–water partition coefficient (Wildman–Crippen LogP) is 3.29. The lowest BCUT2D eigenvalue weighted by Crippen LogP contribution is -2.09. The van der Waals surface area contributed by atoms with Crippen molar-refractivity contribution in [2.24, 2.45) is 0 Å². The first-order valence-electron chi connectivity index (χ1n) is 6.03. The minimum atomic E-state index is -0.235. The van der Waals surface area contributed by atoms with Crippen LogP contribution >= 0.6 is 0 Å². The topological polar surface area (TPSA) is 48.3 Å². The second kappa shape index (κ2) is 5.17. The van der Waals surface area contributed by atoms with Gasteiger partial charge in [-0.05, 0) is 25.1 Å². The summed E-state index contributed by atoms with van der Waals surface area (Å²) in [6.07, 6.45) is 2.25. The molecule has 4 nitrogen and oxygen atoms in total. The van der Waals surface area contributed by atoms with Gasteiger partial charge in [-0.3, -0.25) is 14.2 Å². The summed E-state index contributed by atoms with van der Waals surface area (Å²) >= 11 is 0. The van der Waals surface area contributed by atoms with E-state index in [1.54, 1.807) is 25.1 Å². The minimum Gasteiger partial charge on any atom is -0.497 e. The lowest BCUT2D eigenvalue weighted by atomic mass is 10.1. The molecule has 0 unspecified atom stereocenters. The highest BCUT2D eigenvalue weighted by Crippen LogP contribution is 2.25. The number of aldehydes is 1. The number of hydrogen-bond donors (Lipinski definition) is 0. The number of benzene rings is 1. The van der Waals surface area contributed by atoms with E-state index in [9.17, 15) is 9.59 Å². The second-order valence-electron chi connectivity index (χ2n) is 4.52. The molecule has 2 rings (SSSR count). The van der Waals surface area contributed by atoms with Crippen molar-refractivity contribution in [3.8, 4) is 0 Å². The summed E-state index contributed by atoms with van der Waals surface area (Å²) < 4.78 is 6.51. The highest BCUT2D eigenvalue weighted by atomic mass is 16.5. The van der Waals surface area contributed by atoms with Crippen LogP contribution in [0.5, 0.6) is 0 Å². The first kappa shape index (κ1) is 13.8. The molecule has 102 valence electrons. The Labute approximate surface area is 117 Å². The summed E-state index contributed by atoms with van der Waals surface area (Å²) in [7, 11) is 1.53. The molecule has 0 N–H and O–H groups in total. The van der Waals surface area contributed by atoms with Gasteiger partial charge < -0.3 is 4.74 Å². The smallest absolute Gasteiger partial charge is 0.257 e. The predicted molar refractivity (Wildman–Crippen MR) is 78.8 cm³/mol. The molecule has 0 saturated carbocycles. The van der Waals surface area contributed by atoms with Crippen molar-refractivity contribution in [2.75, 3.05) is 7.11 Å². The van der Waals surface area contributed by atoms with Crippen LogP contribution in [0, 0.1) is 0 Å². The lowest BCUT2D eigenvalue weighted by Gasteiger charge is -2.06. The molecule has 0 radical (unpaired) electrons. The van der Waals surface area contributed by atoms with Crippen molar-refractivity contribution in [1.82, 2.24) is 4.57 Å². The maximum Gasteiger partial charge on any atom is 0.257 e. The molecule has 0 aliphatic heterocycles. The zero-order valence-corrected chi connectivity index (χ0v) is 11.5. The zero-order chi connectivity index (χ0) is 14.9. The fourth-order valence-electron chi connectivity index (χ4n) is 2.01. The molecule has 0 bridgehead atoms. The third-order valence-electron chi connectivity index (χ3n) is 3.11.